The van der Waals surface area contributed by atoms with E-state index in [1.54, 1.807) is 0 Å². The van der Waals surface area contributed by atoms with E-state index in [-0.39, 0.29) is 35.5 Å². The second-order valence-corrected chi connectivity index (χ2v) is 12.0. The Hall–Kier alpha value is -1.47. The zero-order chi connectivity index (χ0) is 24.2. The maximum Gasteiger partial charge on any atom is 0.146 e. The molecule has 2 aromatic rings. The Morgan fingerprint density at radius 2 is 1.91 bits per heavy atom. The molecule has 2 aromatic carbocycles. The Morgan fingerprint density at radius 3 is 2.59 bits per heavy atom. The van der Waals surface area contributed by atoms with Gasteiger partial charge in [0.05, 0.1) is 11.8 Å². The molecule has 0 spiro atoms. The topological polar surface area (TPSA) is 75.3 Å². The molecule has 0 bridgehead atoms. The molecule has 3 rings (SSSR count). The highest BCUT2D eigenvalue weighted by Gasteiger charge is 2.35. The first-order chi connectivity index (χ1) is 15.6. The number of aliphatic hydroxyl groups is 1. The van der Waals surface area contributed by atoms with Crippen LogP contribution in [-0.4, -0.2) is 33.0 Å². The van der Waals surface area contributed by atoms with Gasteiger partial charge in [0.1, 0.15) is 5.82 Å². The van der Waals surface area contributed by atoms with Crippen molar-refractivity contribution in [1.29, 1.82) is 0 Å². The molecule has 0 saturated carbocycles. The van der Waals surface area contributed by atoms with Crippen LogP contribution in [0.2, 0.25) is 0 Å². The Bertz CT molecular complexity index is 980. The van der Waals surface area contributed by atoms with Gasteiger partial charge in [-0.05, 0) is 53.0 Å². The summed E-state index contributed by atoms with van der Waals surface area (Å²) in [5.41, 5.74) is 10.3. The third-order valence-electron chi connectivity index (χ3n) is 6.59. The van der Waals surface area contributed by atoms with E-state index in [9.17, 15) is 13.7 Å². The fourth-order valence-electron chi connectivity index (χ4n) is 4.52. The van der Waals surface area contributed by atoms with Crippen LogP contribution in [0.25, 0.3) is 0 Å². The molecule has 1 aliphatic heterocycles. The second kappa shape index (κ2) is 12.5. The van der Waals surface area contributed by atoms with E-state index in [1.807, 2.05) is 6.07 Å². The fourth-order valence-corrected chi connectivity index (χ4v) is 6.16. The Kier molecular flexibility index (Phi) is 10.6. The first kappa shape index (κ1) is 28.8. The normalized spacial score (nSPS) is 22.9. The molecule has 190 valence electrons. The van der Waals surface area contributed by atoms with Crippen LogP contribution in [-0.2, 0) is 35.6 Å². The summed E-state index contributed by atoms with van der Waals surface area (Å²) < 4.78 is 27.0. The molecular weight excluding hydrogens is 471 g/mol. The summed E-state index contributed by atoms with van der Waals surface area (Å²) in [6, 6.07) is 11.6. The number of nitrogens with two attached hydrogens (primary N) is 1. The van der Waals surface area contributed by atoms with Crippen LogP contribution >= 0.6 is 12.4 Å². The first-order valence-electron chi connectivity index (χ1n) is 12.0. The van der Waals surface area contributed by atoms with Crippen molar-refractivity contribution in [2.24, 2.45) is 5.92 Å². The molecule has 0 amide bonds. The molecule has 0 aliphatic carbocycles. The minimum atomic E-state index is -1.03. The molecule has 0 aromatic heterocycles. The third-order valence-corrected chi connectivity index (χ3v) is 8.13. The van der Waals surface area contributed by atoms with Gasteiger partial charge in [-0.15, -0.1) is 12.4 Å². The van der Waals surface area contributed by atoms with Crippen molar-refractivity contribution in [3.63, 3.8) is 0 Å². The number of benzene rings is 2. The largest absolute Gasteiger partial charge is 0.396 e. The molecule has 1 aliphatic rings. The predicted octanol–water partition coefficient (Wildman–Crippen LogP) is 4.91. The Morgan fingerprint density at radius 1 is 1.18 bits per heavy atom. The summed E-state index contributed by atoms with van der Waals surface area (Å²) in [5, 5.41) is 14.5. The summed E-state index contributed by atoms with van der Waals surface area (Å²) in [6.07, 6.45) is 2.54. The summed E-state index contributed by atoms with van der Waals surface area (Å²) in [4.78, 5) is 0. The smallest absolute Gasteiger partial charge is 0.146 e. The van der Waals surface area contributed by atoms with Gasteiger partial charge in [0.15, 0.2) is 0 Å². The number of rotatable bonds is 8. The lowest BCUT2D eigenvalue weighted by molar-refractivity contribution is 0.0795. The highest BCUT2D eigenvalue weighted by Crippen LogP contribution is 2.27. The van der Waals surface area contributed by atoms with Gasteiger partial charge in [0.25, 0.3) is 0 Å². The minimum Gasteiger partial charge on any atom is -0.396 e. The van der Waals surface area contributed by atoms with E-state index in [4.69, 9.17) is 5.73 Å². The van der Waals surface area contributed by atoms with Gasteiger partial charge >= 0.3 is 0 Å². The number of halogens is 2. The molecule has 7 heteroatoms. The van der Waals surface area contributed by atoms with Crippen molar-refractivity contribution in [3.8, 4) is 0 Å². The van der Waals surface area contributed by atoms with Gasteiger partial charge in [-0.2, -0.15) is 0 Å². The number of aryl methyl sites for hydroxylation is 1. The van der Waals surface area contributed by atoms with Crippen molar-refractivity contribution in [1.82, 2.24) is 5.32 Å². The van der Waals surface area contributed by atoms with Crippen molar-refractivity contribution >= 4 is 28.9 Å². The molecule has 34 heavy (non-hydrogen) atoms. The van der Waals surface area contributed by atoms with Crippen molar-refractivity contribution in [2.75, 3.05) is 17.2 Å². The molecule has 4 nitrogen and oxygen atoms in total. The van der Waals surface area contributed by atoms with Gasteiger partial charge in [0.2, 0.25) is 0 Å². The molecular formula is C27H40ClFN2O2S. The number of aliphatic hydroxyl groups excluding tert-OH is 1. The van der Waals surface area contributed by atoms with E-state index in [2.05, 4.69) is 57.3 Å². The zero-order valence-electron chi connectivity index (χ0n) is 20.8. The monoisotopic (exact) mass is 510 g/mol. The molecule has 4 unspecified atom stereocenters. The van der Waals surface area contributed by atoms with Crippen LogP contribution in [0.5, 0.6) is 0 Å². The maximum absolute atomic E-state index is 14.4. The van der Waals surface area contributed by atoms with Gasteiger partial charge in [0, 0.05) is 40.8 Å². The number of anilines is 1. The average Bonchev–Trinajstić information content (AvgIpc) is 2.76. The lowest BCUT2D eigenvalue weighted by Crippen LogP contribution is -2.53. The molecule has 4 atom stereocenters. The molecule has 4 N–H and O–H groups in total. The van der Waals surface area contributed by atoms with E-state index >= 15 is 0 Å². The van der Waals surface area contributed by atoms with Gasteiger partial charge in [-0.3, -0.25) is 4.21 Å². The standard InChI is InChI=1S/C27H39FN2O2S.ClH/c1-5-6-9-20-11-19(14-23(28)25(20)29)12-21-16-33(32)17-24(26(21)31)30-15-18-8-7-10-22(13-18)27(2,3)4;/h7-8,10-11,13-14,21,24,26,30-31H,5-6,9,12,15-17,29H2,1-4H3;1H. The Labute approximate surface area is 212 Å². The van der Waals surface area contributed by atoms with Crippen molar-refractivity contribution < 1.29 is 13.7 Å². The average molecular weight is 511 g/mol. The fraction of sp³-hybridized carbons (Fsp3) is 0.556. The van der Waals surface area contributed by atoms with Crippen LogP contribution in [0.15, 0.2) is 36.4 Å². The highest BCUT2D eigenvalue weighted by atomic mass is 35.5. The number of hydrogen-bond donors (Lipinski definition) is 3. The van der Waals surface area contributed by atoms with Crippen LogP contribution in [0.4, 0.5) is 10.1 Å². The minimum absolute atomic E-state index is 0. The van der Waals surface area contributed by atoms with E-state index in [1.165, 1.54) is 11.6 Å². The van der Waals surface area contributed by atoms with Crippen LogP contribution in [0, 0.1) is 11.7 Å². The summed E-state index contributed by atoms with van der Waals surface area (Å²) in [5.74, 6) is 0.252. The predicted molar refractivity (Wildman–Crippen MR) is 144 cm³/mol. The molecule has 1 fully saturated rings. The summed E-state index contributed by atoms with van der Waals surface area (Å²) in [7, 11) is -1.03. The SMILES string of the molecule is CCCCc1cc(CC2CS(=O)CC(NCc3cccc(C(C)(C)C)c3)C2O)cc(F)c1N.Cl. The number of nitrogens with one attached hydrogen (secondary N) is 1. The number of unbranched alkanes of at least 4 members (excludes halogenated alkanes) is 1. The van der Waals surface area contributed by atoms with E-state index in [0.29, 0.717) is 24.5 Å². The van der Waals surface area contributed by atoms with Gasteiger partial charge < -0.3 is 16.2 Å². The van der Waals surface area contributed by atoms with E-state index < -0.39 is 22.7 Å². The summed E-state index contributed by atoms with van der Waals surface area (Å²) >= 11 is 0. The second-order valence-electron chi connectivity index (χ2n) is 10.4. The maximum atomic E-state index is 14.4. The van der Waals surface area contributed by atoms with Crippen molar-refractivity contribution in [2.45, 2.75) is 77.5 Å². The van der Waals surface area contributed by atoms with Gasteiger partial charge in [-0.1, -0.05) is 64.4 Å². The molecule has 1 heterocycles. The molecule has 0 radical (unpaired) electrons. The quantitative estimate of drug-likeness (QED) is 0.441. The third kappa shape index (κ3) is 7.51. The van der Waals surface area contributed by atoms with Crippen LogP contribution < -0.4 is 11.1 Å². The van der Waals surface area contributed by atoms with Crippen LogP contribution in [0.1, 0.15) is 62.8 Å². The highest BCUT2D eigenvalue weighted by molar-refractivity contribution is 7.85. The zero-order valence-corrected chi connectivity index (χ0v) is 22.4. The van der Waals surface area contributed by atoms with E-state index in [0.717, 1.165) is 36.0 Å². The lowest BCUT2D eigenvalue weighted by atomic mass is 9.86. The lowest BCUT2D eigenvalue weighted by Gasteiger charge is -2.35. The van der Waals surface area contributed by atoms with Crippen molar-refractivity contribution in [3.05, 3.63) is 64.5 Å². The van der Waals surface area contributed by atoms with Gasteiger partial charge in [-0.25, -0.2) is 4.39 Å². The Balaban J connectivity index is 0.00000408. The number of hydrogen-bond acceptors (Lipinski definition) is 4. The number of nitrogen functional groups attached to an aromatic ring is 1. The van der Waals surface area contributed by atoms with Crippen LogP contribution in [0.3, 0.4) is 0 Å². The first-order valence-corrected chi connectivity index (χ1v) is 13.5. The molecule has 1 saturated heterocycles. The summed E-state index contributed by atoms with van der Waals surface area (Å²) in [6.45, 7) is 9.26.